The fraction of sp³-hybridized carbons (Fsp3) is 0.333. The number of carbonyl (C=O) groups excluding carboxylic acids is 1. The Morgan fingerprint density at radius 3 is 2.89 bits per heavy atom. The lowest BCUT2D eigenvalue weighted by Crippen LogP contribution is -2.35. The second-order valence-corrected chi connectivity index (χ2v) is 5.97. The van der Waals surface area contributed by atoms with Crippen LogP contribution in [-0.4, -0.2) is 60.6 Å². The number of aromatic amines is 1. The lowest BCUT2D eigenvalue weighted by molar-refractivity contribution is 0.0339. The molecule has 9 heteroatoms. The number of hydrazone groups is 1. The Morgan fingerprint density at radius 2 is 2.19 bits per heavy atom. The minimum atomic E-state index is -0.510. The fourth-order valence-electron chi connectivity index (χ4n) is 2.70. The molecule has 0 spiro atoms. The van der Waals surface area contributed by atoms with E-state index in [1.807, 2.05) is 18.2 Å². The van der Waals surface area contributed by atoms with Crippen molar-refractivity contribution in [3.63, 3.8) is 0 Å². The summed E-state index contributed by atoms with van der Waals surface area (Å²) in [6.45, 7) is 3.97. The number of nitrogens with zero attached hydrogens (tertiary/aromatic N) is 3. The van der Waals surface area contributed by atoms with Crippen molar-refractivity contribution >= 4 is 12.1 Å². The number of H-pyrrole nitrogens is 1. The molecule has 1 aromatic carbocycles. The first-order chi connectivity index (χ1) is 13.2. The van der Waals surface area contributed by atoms with Crippen LogP contribution in [0.2, 0.25) is 0 Å². The van der Waals surface area contributed by atoms with E-state index in [-0.39, 0.29) is 11.3 Å². The van der Waals surface area contributed by atoms with Gasteiger partial charge in [0.15, 0.2) is 5.69 Å². The van der Waals surface area contributed by atoms with Crippen molar-refractivity contribution in [1.82, 2.24) is 20.5 Å². The first kappa shape index (κ1) is 18.7. The van der Waals surface area contributed by atoms with Crippen molar-refractivity contribution in [1.29, 1.82) is 0 Å². The highest BCUT2D eigenvalue weighted by Gasteiger charge is 2.13. The van der Waals surface area contributed by atoms with Crippen molar-refractivity contribution in [2.45, 2.75) is 6.54 Å². The van der Waals surface area contributed by atoms with Crippen molar-refractivity contribution in [2.24, 2.45) is 5.10 Å². The summed E-state index contributed by atoms with van der Waals surface area (Å²) in [6.07, 6.45) is 1.55. The number of aromatic nitrogens is 2. The maximum atomic E-state index is 11.9. The van der Waals surface area contributed by atoms with E-state index >= 15 is 0 Å². The van der Waals surface area contributed by atoms with Crippen LogP contribution < -0.4 is 15.7 Å². The molecule has 2 N–H and O–H groups in total. The molecule has 1 aliphatic heterocycles. The summed E-state index contributed by atoms with van der Waals surface area (Å²) in [4.78, 5) is 25.2. The molecule has 1 aliphatic rings. The van der Waals surface area contributed by atoms with E-state index < -0.39 is 5.91 Å². The Morgan fingerprint density at radius 1 is 1.37 bits per heavy atom. The van der Waals surface area contributed by atoms with Crippen LogP contribution in [0.15, 0.2) is 40.2 Å². The third-order valence-electron chi connectivity index (χ3n) is 4.09. The number of benzene rings is 1. The van der Waals surface area contributed by atoms with Gasteiger partial charge in [0.25, 0.3) is 11.5 Å². The quantitative estimate of drug-likeness (QED) is 0.561. The van der Waals surface area contributed by atoms with Crippen molar-refractivity contribution in [3.05, 3.63) is 57.5 Å². The van der Waals surface area contributed by atoms with Gasteiger partial charge in [0.05, 0.1) is 26.5 Å². The average Bonchev–Trinajstić information content (AvgIpc) is 2.69. The maximum absolute atomic E-state index is 11.9. The number of hydrogen-bond acceptors (Lipinski definition) is 7. The van der Waals surface area contributed by atoms with Crippen molar-refractivity contribution < 1.29 is 14.3 Å². The highest BCUT2D eigenvalue weighted by Crippen LogP contribution is 2.21. The van der Waals surface area contributed by atoms with Gasteiger partial charge >= 0.3 is 0 Å². The van der Waals surface area contributed by atoms with Gasteiger partial charge in [-0.25, -0.2) is 10.5 Å². The Labute approximate surface area is 156 Å². The molecule has 2 heterocycles. The van der Waals surface area contributed by atoms with Crippen LogP contribution in [0.25, 0.3) is 0 Å². The third-order valence-corrected chi connectivity index (χ3v) is 4.09. The number of rotatable bonds is 6. The minimum Gasteiger partial charge on any atom is -0.496 e. The van der Waals surface area contributed by atoms with Crippen LogP contribution in [0, 0.1) is 0 Å². The number of ether oxygens (including phenoxy) is 2. The van der Waals surface area contributed by atoms with Crippen LogP contribution in [0.3, 0.4) is 0 Å². The van der Waals surface area contributed by atoms with Gasteiger partial charge in [0, 0.05) is 31.3 Å². The second kappa shape index (κ2) is 9.06. The highest BCUT2D eigenvalue weighted by atomic mass is 16.5. The summed E-state index contributed by atoms with van der Waals surface area (Å²) in [6, 6.07) is 8.27. The predicted molar refractivity (Wildman–Crippen MR) is 99.0 cm³/mol. The molecule has 0 unspecified atom stereocenters. The Balaban J connectivity index is 1.65. The molecule has 0 saturated carbocycles. The summed E-state index contributed by atoms with van der Waals surface area (Å²) in [5, 5.41) is 9.80. The average molecular weight is 371 g/mol. The smallest absolute Gasteiger partial charge is 0.291 e. The maximum Gasteiger partial charge on any atom is 0.291 e. The molecule has 0 bridgehead atoms. The van der Waals surface area contributed by atoms with E-state index in [1.54, 1.807) is 13.3 Å². The molecule has 27 heavy (non-hydrogen) atoms. The van der Waals surface area contributed by atoms with Crippen LogP contribution >= 0.6 is 0 Å². The van der Waals surface area contributed by atoms with Crippen LogP contribution in [0.4, 0.5) is 0 Å². The summed E-state index contributed by atoms with van der Waals surface area (Å²) < 4.78 is 10.8. The largest absolute Gasteiger partial charge is 0.496 e. The van der Waals surface area contributed by atoms with Crippen molar-refractivity contribution in [2.75, 3.05) is 33.4 Å². The monoisotopic (exact) mass is 371 g/mol. The lowest BCUT2D eigenvalue weighted by Gasteiger charge is -2.27. The molecule has 0 aliphatic carbocycles. The molecule has 9 nitrogen and oxygen atoms in total. The number of amides is 1. The van der Waals surface area contributed by atoms with Gasteiger partial charge in [-0.2, -0.15) is 10.2 Å². The molecule has 0 radical (unpaired) electrons. The van der Waals surface area contributed by atoms with Gasteiger partial charge in [0.2, 0.25) is 0 Å². The first-order valence-electron chi connectivity index (χ1n) is 8.52. The molecule has 1 fully saturated rings. The standard InChI is InChI=1S/C18H21N5O4/c1-26-16-4-2-13(10-14(16)12-23-6-8-27-9-7-23)11-19-22-18(25)15-3-5-17(24)21-20-15/h2-5,10-11H,6-9,12H2,1H3,(H,21,24)(H,22,25). The molecule has 142 valence electrons. The summed E-state index contributed by atoms with van der Waals surface area (Å²) in [7, 11) is 1.64. The summed E-state index contributed by atoms with van der Waals surface area (Å²) >= 11 is 0. The van der Waals surface area contributed by atoms with Gasteiger partial charge < -0.3 is 9.47 Å². The lowest BCUT2D eigenvalue weighted by atomic mass is 10.1. The number of hydrogen-bond donors (Lipinski definition) is 2. The van der Waals surface area contributed by atoms with E-state index in [0.29, 0.717) is 0 Å². The van der Waals surface area contributed by atoms with Crippen LogP contribution in [0.5, 0.6) is 5.75 Å². The fourth-order valence-corrected chi connectivity index (χ4v) is 2.70. The van der Waals surface area contributed by atoms with E-state index in [0.717, 1.165) is 49.7 Å². The number of carbonyl (C=O) groups is 1. The minimum absolute atomic E-state index is 0.0782. The second-order valence-electron chi connectivity index (χ2n) is 5.97. The van der Waals surface area contributed by atoms with E-state index in [1.165, 1.54) is 12.1 Å². The molecule has 1 saturated heterocycles. The van der Waals surface area contributed by atoms with Gasteiger partial charge in [-0.1, -0.05) is 0 Å². The number of nitrogens with one attached hydrogen (secondary N) is 2. The Bertz CT molecular complexity index is 854. The first-order valence-corrected chi connectivity index (χ1v) is 8.52. The van der Waals surface area contributed by atoms with Gasteiger partial charge in [-0.3, -0.25) is 14.5 Å². The normalized spacial score (nSPS) is 15.0. The summed E-state index contributed by atoms with van der Waals surface area (Å²) in [5.41, 5.74) is 3.95. The van der Waals surface area contributed by atoms with Gasteiger partial charge in [-0.05, 0) is 29.8 Å². The van der Waals surface area contributed by atoms with Crippen LogP contribution in [-0.2, 0) is 11.3 Å². The van der Waals surface area contributed by atoms with Crippen molar-refractivity contribution in [3.8, 4) is 5.75 Å². The molecule has 3 rings (SSSR count). The van der Waals surface area contributed by atoms with Gasteiger partial charge in [0.1, 0.15) is 5.75 Å². The topological polar surface area (TPSA) is 109 Å². The zero-order valence-corrected chi connectivity index (χ0v) is 15.0. The Kier molecular flexibility index (Phi) is 6.29. The number of morpholine rings is 1. The van der Waals surface area contributed by atoms with Crippen LogP contribution in [0.1, 0.15) is 21.6 Å². The molecule has 0 atom stereocenters. The highest BCUT2D eigenvalue weighted by molar-refractivity contribution is 5.92. The number of methoxy groups -OCH3 is 1. The predicted octanol–water partition coefficient (Wildman–Crippen LogP) is 0.375. The molecular formula is C18H21N5O4. The zero-order valence-electron chi connectivity index (χ0n) is 15.0. The third kappa shape index (κ3) is 5.22. The molecule has 1 amide bonds. The molecule has 2 aromatic rings. The SMILES string of the molecule is COc1ccc(C=NNC(=O)c2ccc(=O)[nH]n2)cc1CN1CCOCC1. The summed E-state index contributed by atoms with van der Waals surface area (Å²) in [5.74, 6) is 0.296. The zero-order chi connectivity index (χ0) is 19.1. The molecule has 1 aromatic heterocycles. The van der Waals surface area contributed by atoms with Gasteiger partial charge in [-0.15, -0.1) is 0 Å². The Hall–Kier alpha value is -3.04. The van der Waals surface area contributed by atoms with E-state index in [2.05, 4.69) is 25.6 Å². The van der Waals surface area contributed by atoms with E-state index in [4.69, 9.17) is 9.47 Å². The van der Waals surface area contributed by atoms with E-state index in [9.17, 15) is 9.59 Å². The molecular weight excluding hydrogens is 350 g/mol.